The molecule has 29 heavy (non-hydrogen) atoms. The molecule has 7 nitrogen and oxygen atoms in total. The van der Waals surface area contributed by atoms with E-state index in [1.54, 1.807) is 18.2 Å². The van der Waals surface area contributed by atoms with Crippen molar-refractivity contribution in [1.29, 1.82) is 0 Å². The van der Waals surface area contributed by atoms with Crippen LogP contribution in [0.1, 0.15) is 36.9 Å². The number of fused-ring (bicyclic) bond motifs is 1. The first kappa shape index (κ1) is 20.0. The summed E-state index contributed by atoms with van der Waals surface area (Å²) in [7, 11) is 0. The number of hydrogen-bond acceptors (Lipinski definition) is 5. The maximum Gasteiger partial charge on any atom is 0.279 e. The number of phenols is 1. The molecule has 0 spiro atoms. The van der Waals surface area contributed by atoms with Crippen LogP contribution in [0.4, 0.5) is 5.69 Å². The van der Waals surface area contributed by atoms with Gasteiger partial charge in [0.25, 0.3) is 5.69 Å². The van der Waals surface area contributed by atoms with Gasteiger partial charge in [-0.05, 0) is 24.1 Å². The number of pyridine rings is 1. The summed E-state index contributed by atoms with van der Waals surface area (Å²) in [5.41, 5.74) is 1.07. The summed E-state index contributed by atoms with van der Waals surface area (Å²) < 4.78 is 0. The number of aromatic hydroxyl groups is 1. The molecule has 2 N–H and O–H groups in total. The Labute approximate surface area is 167 Å². The molecule has 1 aromatic heterocycles. The Hall–Kier alpha value is -3.74. The van der Waals surface area contributed by atoms with Gasteiger partial charge in [-0.2, -0.15) is 0 Å². The number of nitro groups is 1. The van der Waals surface area contributed by atoms with Crippen LogP contribution < -0.4 is 5.32 Å². The lowest BCUT2D eigenvalue weighted by Gasteiger charge is -2.18. The van der Waals surface area contributed by atoms with E-state index in [0.29, 0.717) is 12.8 Å². The number of benzene rings is 2. The van der Waals surface area contributed by atoms with Gasteiger partial charge in [0.15, 0.2) is 0 Å². The van der Waals surface area contributed by atoms with Crippen LogP contribution in [-0.4, -0.2) is 20.9 Å². The van der Waals surface area contributed by atoms with E-state index in [-0.39, 0.29) is 33.8 Å². The van der Waals surface area contributed by atoms with Crippen LogP contribution in [0.2, 0.25) is 0 Å². The first-order valence-electron chi connectivity index (χ1n) is 9.29. The normalized spacial score (nSPS) is 12.2. The highest BCUT2D eigenvalue weighted by atomic mass is 16.6. The first-order chi connectivity index (χ1) is 14.0. The third-order valence-corrected chi connectivity index (χ3v) is 4.48. The van der Waals surface area contributed by atoms with Crippen molar-refractivity contribution < 1.29 is 14.8 Å². The fraction of sp³-hybridized carbons (Fsp3) is 0.182. The molecule has 1 unspecified atom stereocenters. The number of carbonyl (C=O) groups excluding carboxylic acids is 1. The number of nitro benzene ring substituents is 1. The van der Waals surface area contributed by atoms with Crippen LogP contribution >= 0.6 is 0 Å². The summed E-state index contributed by atoms with van der Waals surface area (Å²) in [6, 6.07) is 13.1. The highest BCUT2D eigenvalue weighted by Gasteiger charge is 2.24. The molecular weight excluding hydrogens is 370 g/mol. The van der Waals surface area contributed by atoms with E-state index in [1.165, 1.54) is 18.3 Å². The Morgan fingerprint density at radius 1 is 1.28 bits per heavy atom. The number of phenolic OH excluding ortho intramolecular Hbond substituents is 1. The minimum atomic E-state index is -0.751. The molecule has 0 aliphatic heterocycles. The zero-order chi connectivity index (χ0) is 20.8. The maximum atomic E-state index is 12.3. The smallest absolute Gasteiger partial charge is 0.279 e. The molecule has 0 saturated carbocycles. The van der Waals surface area contributed by atoms with Crippen molar-refractivity contribution in [2.24, 2.45) is 0 Å². The number of amides is 1. The molecule has 0 radical (unpaired) electrons. The third kappa shape index (κ3) is 4.57. The summed E-state index contributed by atoms with van der Waals surface area (Å²) in [5, 5.41) is 25.5. The molecule has 0 aliphatic rings. The van der Waals surface area contributed by atoms with Gasteiger partial charge >= 0.3 is 0 Å². The van der Waals surface area contributed by atoms with Crippen LogP contribution in [0, 0.1) is 10.1 Å². The minimum absolute atomic E-state index is 0.125. The number of carbonyl (C=O) groups is 1. The van der Waals surface area contributed by atoms with Crippen molar-refractivity contribution in [3.05, 3.63) is 82.0 Å². The van der Waals surface area contributed by atoms with Crippen LogP contribution in [0.15, 0.2) is 60.8 Å². The number of hydrogen-bond donors (Lipinski definition) is 2. The highest BCUT2D eigenvalue weighted by molar-refractivity contribution is 5.93. The monoisotopic (exact) mass is 391 g/mol. The lowest BCUT2D eigenvalue weighted by Crippen LogP contribution is -2.27. The average molecular weight is 391 g/mol. The van der Waals surface area contributed by atoms with Gasteiger partial charge < -0.3 is 10.4 Å². The molecule has 1 atom stereocenters. The van der Waals surface area contributed by atoms with Crippen molar-refractivity contribution in [3.63, 3.8) is 0 Å². The molecule has 0 bridgehead atoms. The predicted molar refractivity (Wildman–Crippen MR) is 111 cm³/mol. The van der Waals surface area contributed by atoms with Gasteiger partial charge in [-0.25, -0.2) is 0 Å². The summed E-state index contributed by atoms with van der Waals surface area (Å²) >= 11 is 0. The van der Waals surface area contributed by atoms with E-state index >= 15 is 0 Å². The molecule has 0 fully saturated rings. The summed E-state index contributed by atoms with van der Waals surface area (Å²) in [6.07, 6.45) is 5.93. The molecule has 2 aromatic carbocycles. The van der Waals surface area contributed by atoms with Gasteiger partial charge in [-0.15, -0.1) is 0 Å². The second kappa shape index (κ2) is 8.97. The topological polar surface area (TPSA) is 105 Å². The van der Waals surface area contributed by atoms with Gasteiger partial charge in [0.05, 0.1) is 16.4 Å². The van der Waals surface area contributed by atoms with E-state index in [2.05, 4.69) is 10.3 Å². The molecule has 3 aromatic rings. The van der Waals surface area contributed by atoms with Gasteiger partial charge in [0.2, 0.25) is 5.91 Å². The molecule has 7 heteroatoms. The fourth-order valence-corrected chi connectivity index (χ4v) is 3.09. The van der Waals surface area contributed by atoms with Crippen molar-refractivity contribution in [2.45, 2.75) is 25.8 Å². The molecular formula is C22H21N3O4. The second-order valence-corrected chi connectivity index (χ2v) is 6.56. The van der Waals surface area contributed by atoms with Crippen LogP contribution in [0.25, 0.3) is 17.0 Å². The summed E-state index contributed by atoms with van der Waals surface area (Å²) in [6.45, 7) is 1.89. The highest BCUT2D eigenvalue weighted by Crippen LogP contribution is 2.38. The Bertz CT molecular complexity index is 1060. The Balaban J connectivity index is 2.12. The van der Waals surface area contributed by atoms with Gasteiger partial charge in [0.1, 0.15) is 11.3 Å². The van der Waals surface area contributed by atoms with Crippen molar-refractivity contribution in [1.82, 2.24) is 10.3 Å². The second-order valence-electron chi connectivity index (χ2n) is 6.56. The molecule has 0 saturated heterocycles. The number of nitrogens with one attached hydrogen (secondary N) is 1. The van der Waals surface area contributed by atoms with Crippen LogP contribution in [0.5, 0.6) is 5.75 Å². The van der Waals surface area contributed by atoms with E-state index in [0.717, 1.165) is 5.56 Å². The molecule has 1 amide bonds. The molecule has 148 valence electrons. The molecule has 1 heterocycles. The van der Waals surface area contributed by atoms with Crippen LogP contribution in [0.3, 0.4) is 0 Å². The average Bonchev–Trinajstić information content (AvgIpc) is 2.72. The quantitative estimate of drug-likeness (QED) is 0.455. The standard InChI is InChI=1S/C22H21N3O4/c1-2-7-20(26)24-18(12-11-15-8-4-3-5-9-15)17-14-19(25(28)29)16-10-6-13-23-21(16)22(17)27/h3-6,8-14,18,27H,2,7H2,1H3,(H,24,26)/b12-11+. The minimum Gasteiger partial charge on any atom is -0.505 e. The Morgan fingerprint density at radius 2 is 2.03 bits per heavy atom. The van der Waals surface area contributed by atoms with Gasteiger partial charge in [-0.1, -0.05) is 49.4 Å². The Morgan fingerprint density at radius 3 is 2.72 bits per heavy atom. The van der Waals surface area contributed by atoms with E-state index in [1.807, 2.05) is 37.3 Å². The van der Waals surface area contributed by atoms with E-state index in [9.17, 15) is 20.0 Å². The van der Waals surface area contributed by atoms with E-state index in [4.69, 9.17) is 0 Å². The van der Waals surface area contributed by atoms with E-state index < -0.39 is 11.0 Å². The zero-order valence-corrected chi connectivity index (χ0v) is 15.9. The van der Waals surface area contributed by atoms with Crippen molar-refractivity contribution >= 4 is 28.6 Å². The largest absolute Gasteiger partial charge is 0.505 e. The third-order valence-electron chi connectivity index (χ3n) is 4.48. The number of rotatable bonds is 7. The SMILES string of the molecule is CCCC(=O)NC(/C=C/c1ccccc1)c1cc([N+](=O)[O-])c2cccnc2c1O. The van der Waals surface area contributed by atoms with Crippen molar-refractivity contribution in [3.8, 4) is 5.75 Å². The maximum absolute atomic E-state index is 12.3. The predicted octanol–water partition coefficient (Wildman–Crippen LogP) is 4.52. The van der Waals surface area contributed by atoms with Crippen LogP contribution in [-0.2, 0) is 4.79 Å². The lowest BCUT2D eigenvalue weighted by molar-refractivity contribution is -0.383. The number of nitrogens with zero attached hydrogens (tertiary/aromatic N) is 2. The zero-order valence-electron chi connectivity index (χ0n) is 15.9. The lowest BCUT2D eigenvalue weighted by atomic mass is 9.99. The summed E-state index contributed by atoms with van der Waals surface area (Å²) in [4.78, 5) is 27.4. The molecule has 0 aliphatic carbocycles. The number of aromatic nitrogens is 1. The van der Waals surface area contributed by atoms with Gasteiger partial charge in [-0.3, -0.25) is 19.9 Å². The fourth-order valence-electron chi connectivity index (χ4n) is 3.09. The molecule has 3 rings (SSSR count). The number of non-ortho nitro benzene ring substituents is 1. The first-order valence-corrected chi connectivity index (χ1v) is 9.29. The Kier molecular flexibility index (Phi) is 6.19. The summed E-state index contributed by atoms with van der Waals surface area (Å²) in [5.74, 6) is -0.399. The van der Waals surface area contributed by atoms with Gasteiger partial charge in [0, 0.05) is 24.2 Å². The van der Waals surface area contributed by atoms with Crippen molar-refractivity contribution in [2.75, 3.05) is 0 Å².